The van der Waals surface area contributed by atoms with E-state index >= 15 is 0 Å². The van der Waals surface area contributed by atoms with Crippen molar-refractivity contribution >= 4 is 29.3 Å². The molecule has 3 N–H and O–H groups in total. The van der Waals surface area contributed by atoms with Crippen LogP contribution in [0.5, 0.6) is 34.5 Å². The van der Waals surface area contributed by atoms with Crippen LogP contribution in [0.2, 0.25) is 0 Å². The van der Waals surface area contributed by atoms with Crippen LogP contribution in [0.25, 0.3) is 0 Å². The van der Waals surface area contributed by atoms with Gasteiger partial charge in [-0.05, 0) is 109 Å². The van der Waals surface area contributed by atoms with Crippen LogP contribution in [-0.2, 0) is 27.5 Å². The molecular weight excluding hydrogens is 933 g/mol. The van der Waals surface area contributed by atoms with Gasteiger partial charge in [-0.3, -0.25) is 20.3 Å². The quantitative estimate of drug-likeness (QED) is 0.0289. The molecule has 19 heteroatoms. The Morgan fingerprint density at radius 3 is 2.36 bits per heavy atom. The second kappa shape index (κ2) is 23.3. The first-order chi connectivity index (χ1) is 35.0. The number of nitro groups is 1. The van der Waals surface area contributed by atoms with E-state index in [9.17, 15) is 29.9 Å². The second-order valence-electron chi connectivity index (χ2n) is 17.8. The number of rotatable bonds is 22. The van der Waals surface area contributed by atoms with Crippen molar-refractivity contribution in [2.45, 2.75) is 75.8 Å². The molecule has 1 fully saturated rings. The molecule has 4 aromatic rings. The summed E-state index contributed by atoms with van der Waals surface area (Å²) in [5, 5.41) is 39.1. The van der Waals surface area contributed by atoms with Crippen molar-refractivity contribution in [2.75, 3.05) is 53.3 Å². The molecule has 6 unspecified atom stereocenters. The standard InChI is InChI=1S/C53H60N4O15/c1-5-24-69-53-48(56(52(61)66-4)30-34-14-20-45-47(25-34)68-32-67-45)29-43(55-70-31-33-12-15-36(16-13-33)57(62)63)40-26-35(10-6-8-22-58)39(11-7-9-23-59)49(50(40)53)41-27-38(18-21-44(41)72-53)71-51(60)54-42-19-17-37(64-2)28-46(42)65-3/h5,12-21,25-28,35,39,48-50,58-59H,1,6-11,22-24,29-32H2,2-4H3,(H,54,60). The van der Waals surface area contributed by atoms with Gasteiger partial charge in [-0.25, -0.2) is 9.59 Å². The number of nitrogens with zero attached hydrogens (tertiary/aromatic N) is 3. The number of benzene rings is 4. The summed E-state index contributed by atoms with van der Waals surface area (Å²) in [6.45, 7) is 4.07. The molecule has 0 spiro atoms. The minimum absolute atomic E-state index is 0.00578. The molecule has 4 aromatic carbocycles. The number of aliphatic hydroxyl groups excluding tert-OH is 2. The van der Waals surface area contributed by atoms with Crippen molar-refractivity contribution in [2.24, 2.45) is 22.9 Å². The zero-order valence-electron chi connectivity index (χ0n) is 40.5. The van der Waals surface area contributed by atoms with Crippen molar-refractivity contribution in [1.82, 2.24) is 4.90 Å². The maximum Gasteiger partial charge on any atom is 0.417 e. The number of nitrogens with one attached hydrogen (secondary N) is 1. The maximum atomic E-state index is 14.5. The van der Waals surface area contributed by atoms with Crippen molar-refractivity contribution in [3.63, 3.8) is 0 Å². The molecule has 6 atom stereocenters. The number of anilines is 1. The molecule has 8 rings (SSSR count). The van der Waals surface area contributed by atoms with Crippen LogP contribution in [0.3, 0.4) is 0 Å². The Kier molecular flexibility index (Phi) is 16.5. The Balaban J connectivity index is 1.28. The Morgan fingerprint density at radius 1 is 0.903 bits per heavy atom. The van der Waals surface area contributed by atoms with Crippen LogP contribution < -0.4 is 33.7 Å². The molecular formula is C53H60N4O15. The summed E-state index contributed by atoms with van der Waals surface area (Å²) in [5.74, 6) is -0.428. The van der Waals surface area contributed by atoms with Gasteiger partial charge in [0, 0.05) is 55.9 Å². The van der Waals surface area contributed by atoms with Gasteiger partial charge in [0.05, 0.1) is 50.2 Å². The van der Waals surface area contributed by atoms with Gasteiger partial charge in [0.2, 0.25) is 12.6 Å². The van der Waals surface area contributed by atoms with E-state index < -0.39 is 40.8 Å². The van der Waals surface area contributed by atoms with E-state index in [4.69, 9.17) is 47.9 Å². The summed E-state index contributed by atoms with van der Waals surface area (Å²) in [6.07, 6.45) is 6.25. The molecule has 2 heterocycles. The first kappa shape index (κ1) is 51.0. The maximum absolute atomic E-state index is 14.5. The molecule has 0 aromatic heterocycles. The predicted molar refractivity (Wildman–Crippen MR) is 263 cm³/mol. The van der Waals surface area contributed by atoms with Gasteiger partial charge in [-0.2, -0.15) is 0 Å². The number of oxime groups is 1. The number of carbonyl (C=O) groups is 2. The van der Waals surface area contributed by atoms with E-state index in [0.29, 0.717) is 95.4 Å². The number of allylic oxidation sites excluding steroid dienone is 1. The molecule has 0 radical (unpaired) electrons. The highest BCUT2D eigenvalue weighted by Crippen LogP contribution is 2.62. The van der Waals surface area contributed by atoms with Crippen molar-refractivity contribution in [3.8, 4) is 34.5 Å². The first-order valence-electron chi connectivity index (χ1n) is 23.9. The molecule has 382 valence electrons. The number of non-ortho nitro benzene ring substituents is 1. The van der Waals surface area contributed by atoms with Gasteiger partial charge in [0.15, 0.2) is 11.5 Å². The third-order valence-electron chi connectivity index (χ3n) is 13.6. The SMILES string of the molecule is C=CCOC12Oc3ccc(OC(=O)Nc4ccc(OC)cc4OC)cc3C3C(CCCCO)C(CCCCO)C=C(C(=NOCc4ccc([N+](=O)[O-])cc4)CC1N(Cc1ccc4c(c1)OCO4)C(=O)OC)C32. The number of carbonyl (C=O) groups excluding carboxylic acids is 2. The highest BCUT2D eigenvalue weighted by Gasteiger charge is 2.65. The fourth-order valence-corrected chi connectivity index (χ4v) is 10.4. The summed E-state index contributed by atoms with van der Waals surface area (Å²) in [7, 11) is 4.31. The van der Waals surface area contributed by atoms with Crippen molar-refractivity contribution < 1.29 is 67.5 Å². The van der Waals surface area contributed by atoms with Gasteiger partial charge < -0.3 is 52.9 Å². The van der Waals surface area contributed by atoms with E-state index in [1.165, 1.54) is 33.5 Å². The lowest BCUT2D eigenvalue weighted by Gasteiger charge is -2.59. The van der Waals surface area contributed by atoms with Gasteiger partial charge >= 0.3 is 12.2 Å². The summed E-state index contributed by atoms with van der Waals surface area (Å²) >= 11 is 0. The van der Waals surface area contributed by atoms with E-state index in [1.54, 1.807) is 65.6 Å². The monoisotopic (exact) mass is 992 g/mol. The van der Waals surface area contributed by atoms with E-state index in [-0.39, 0.29) is 69.5 Å². The average Bonchev–Trinajstić information content (AvgIpc) is 3.87. The minimum atomic E-state index is -1.64. The molecule has 0 saturated heterocycles. The summed E-state index contributed by atoms with van der Waals surface area (Å²) in [4.78, 5) is 46.8. The van der Waals surface area contributed by atoms with Gasteiger partial charge in [-0.15, -0.1) is 6.58 Å². The number of amides is 2. The minimum Gasteiger partial charge on any atom is -0.497 e. The van der Waals surface area contributed by atoms with Crippen LogP contribution >= 0.6 is 0 Å². The fraction of sp³-hybridized carbons (Fsp3) is 0.415. The molecule has 1 saturated carbocycles. The molecule has 2 aliphatic heterocycles. The Hall–Kier alpha value is -7.35. The van der Waals surface area contributed by atoms with Crippen molar-refractivity contribution in [3.05, 3.63) is 130 Å². The lowest BCUT2D eigenvalue weighted by molar-refractivity contribution is -0.384. The van der Waals surface area contributed by atoms with Gasteiger partial charge in [0.25, 0.3) is 5.69 Å². The normalized spacial score (nSPS) is 21.8. The van der Waals surface area contributed by atoms with Crippen LogP contribution in [0.15, 0.2) is 108 Å². The van der Waals surface area contributed by atoms with E-state index in [1.807, 2.05) is 12.1 Å². The van der Waals surface area contributed by atoms with Crippen LogP contribution in [0, 0.1) is 27.9 Å². The average molecular weight is 993 g/mol. The predicted octanol–water partition coefficient (Wildman–Crippen LogP) is 9.05. The number of hydrogen-bond donors (Lipinski definition) is 3. The lowest BCUT2D eigenvalue weighted by atomic mass is 9.55. The zero-order chi connectivity index (χ0) is 50.8. The Bertz CT molecular complexity index is 2660. The van der Waals surface area contributed by atoms with E-state index in [2.05, 4.69) is 18.0 Å². The molecule has 2 amide bonds. The number of nitro benzene ring substituents is 1. The zero-order valence-corrected chi connectivity index (χ0v) is 40.5. The van der Waals surface area contributed by atoms with Gasteiger partial charge in [0.1, 0.15) is 35.6 Å². The summed E-state index contributed by atoms with van der Waals surface area (Å²) in [6, 6.07) is 20.6. The fourth-order valence-electron chi connectivity index (χ4n) is 10.4. The third-order valence-corrected chi connectivity index (χ3v) is 13.6. The van der Waals surface area contributed by atoms with Crippen LogP contribution in [0.1, 0.15) is 67.6 Å². The summed E-state index contributed by atoms with van der Waals surface area (Å²) < 4.78 is 48.1. The van der Waals surface area contributed by atoms with E-state index in [0.717, 1.165) is 5.57 Å². The Morgan fingerprint density at radius 2 is 1.64 bits per heavy atom. The number of methoxy groups -OCH3 is 3. The second-order valence-corrected chi connectivity index (χ2v) is 17.8. The summed E-state index contributed by atoms with van der Waals surface area (Å²) in [5.41, 5.74) is 3.60. The molecule has 0 bridgehead atoms. The number of hydrogen-bond acceptors (Lipinski definition) is 16. The number of ether oxygens (including phenoxy) is 8. The first-order valence-corrected chi connectivity index (χ1v) is 23.9. The topological polar surface area (TPSA) is 228 Å². The smallest absolute Gasteiger partial charge is 0.417 e. The lowest BCUT2D eigenvalue weighted by Crippen LogP contribution is -2.70. The molecule has 4 aliphatic rings. The highest BCUT2D eigenvalue weighted by molar-refractivity contribution is 6.03. The number of fused-ring (bicyclic) bond motifs is 3. The largest absolute Gasteiger partial charge is 0.497 e. The highest BCUT2D eigenvalue weighted by atomic mass is 16.7. The molecule has 19 nitrogen and oxygen atoms in total. The number of aliphatic hydroxyl groups is 2. The third kappa shape index (κ3) is 10.9. The van der Waals surface area contributed by atoms with Crippen LogP contribution in [-0.4, -0.2) is 97.7 Å². The number of unbranched alkanes of at least 4 members (excludes halogenated alkanes) is 2. The Labute approximate surface area is 417 Å². The van der Waals surface area contributed by atoms with Gasteiger partial charge in [-0.1, -0.05) is 36.2 Å². The molecule has 72 heavy (non-hydrogen) atoms. The molecule has 2 aliphatic carbocycles. The van der Waals surface area contributed by atoms with Crippen molar-refractivity contribution in [1.29, 1.82) is 0 Å². The van der Waals surface area contributed by atoms with Crippen LogP contribution in [0.4, 0.5) is 21.0 Å².